The molecule has 0 aromatic rings. The first-order valence-electron chi connectivity index (χ1n) is 22.8. The van der Waals surface area contributed by atoms with E-state index >= 15 is 0 Å². The number of rotatable bonds is 16. The lowest BCUT2D eigenvalue weighted by Gasteiger charge is -2.50. The third-order valence-corrected chi connectivity index (χ3v) is 13.1. The van der Waals surface area contributed by atoms with Crippen molar-refractivity contribution in [1.82, 2.24) is 10.6 Å². The van der Waals surface area contributed by atoms with E-state index in [2.05, 4.69) is 10.6 Å². The molecule has 6 rings (SSSR count). The second kappa shape index (κ2) is 24.7. The van der Waals surface area contributed by atoms with Crippen LogP contribution in [0.3, 0.4) is 0 Å². The van der Waals surface area contributed by atoms with Crippen LogP contribution in [0.15, 0.2) is 0 Å². The van der Waals surface area contributed by atoms with Gasteiger partial charge in [0.25, 0.3) is 0 Å². The maximum absolute atomic E-state index is 12.7. The minimum absolute atomic E-state index is 0.793. The van der Waals surface area contributed by atoms with E-state index in [1.807, 2.05) is 0 Å². The fourth-order valence-corrected chi connectivity index (χ4v) is 9.06. The molecule has 2 amide bonds. The quantitative estimate of drug-likeness (QED) is 0.0682. The first-order chi connectivity index (χ1) is 33.4. The zero-order valence-electron chi connectivity index (χ0n) is 38.6. The molecule has 0 bridgehead atoms. The molecule has 412 valence electrons. The lowest BCUT2D eigenvalue weighted by molar-refractivity contribution is -0.384. The lowest BCUT2D eigenvalue weighted by Crippen LogP contribution is -2.70. The minimum Gasteiger partial charge on any atom is -0.394 e. The van der Waals surface area contributed by atoms with Crippen molar-refractivity contribution in [3.63, 3.8) is 0 Å². The van der Waals surface area contributed by atoms with Gasteiger partial charge in [0.15, 0.2) is 37.7 Å². The molecule has 6 aliphatic rings. The second-order valence-corrected chi connectivity index (χ2v) is 18.2. The molecule has 0 aromatic carbocycles. The maximum atomic E-state index is 12.7. The normalized spacial score (nSPS) is 50.8. The van der Waals surface area contributed by atoms with Gasteiger partial charge >= 0.3 is 0 Å². The van der Waals surface area contributed by atoms with Crippen molar-refractivity contribution in [3.8, 4) is 0 Å². The van der Waals surface area contributed by atoms with Crippen molar-refractivity contribution in [3.05, 3.63) is 0 Å². The van der Waals surface area contributed by atoms with Gasteiger partial charge in [-0.25, -0.2) is 0 Å². The molecule has 6 aliphatic heterocycles. The minimum atomic E-state index is -2.07. The average Bonchev–Trinajstić information content (AvgIpc) is 3.32. The first kappa shape index (κ1) is 58.1. The summed E-state index contributed by atoms with van der Waals surface area (Å²) in [5.74, 6) is -1.60. The summed E-state index contributed by atoms with van der Waals surface area (Å²) >= 11 is 0. The summed E-state index contributed by atoms with van der Waals surface area (Å²) in [6, 6.07) is -3.35. The summed E-state index contributed by atoms with van der Waals surface area (Å²) in [6.45, 7) is 1.06. The van der Waals surface area contributed by atoms with Gasteiger partial charge in [-0.05, 0) is 13.8 Å². The summed E-state index contributed by atoms with van der Waals surface area (Å²) in [7, 11) is 0. The summed E-state index contributed by atoms with van der Waals surface area (Å²) < 4.78 is 63.5. The van der Waals surface area contributed by atoms with Crippen LogP contribution in [0.2, 0.25) is 0 Å². The topological polar surface area (TPSA) is 483 Å². The van der Waals surface area contributed by atoms with Gasteiger partial charge in [-0.1, -0.05) is 0 Å². The lowest BCUT2D eigenvalue weighted by atomic mass is 9.94. The van der Waals surface area contributed by atoms with Gasteiger partial charge in [-0.15, -0.1) is 0 Å². The molecular weight excluding hydrogens is 972 g/mol. The Morgan fingerprint density at radius 1 is 0.394 bits per heavy atom. The Labute approximate surface area is 403 Å². The van der Waals surface area contributed by atoms with Gasteiger partial charge in [0.1, 0.15) is 134 Å². The van der Waals surface area contributed by atoms with E-state index in [1.165, 1.54) is 13.8 Å². The van der Waals surface area contributed by atoms with Crippen LogP contribution >= 0.6 is 0 Å². The molecule has 0 aliphatic carbocycles. The highest BCUT2D eigenvalue weighted by Crippen LogP contribution is 2.36. The highest BCUT2D eigenvalue weighted by atomic mass is 16.8. The van der Waals surface area contributed by atoms with E-state index in [4.69, 9.17) is 52.1 Å². The van der Waals surface area contributed by atoms with Crippen LogP contribution in [0.5, 0.6) is 0 Å². The highest BCUT2D eigenvalue weighted by molar-refractivity contribution is 5.73. The van der Waals surface area contributed by atoms with Crippen molar-refractivity contribution in [2.75, 3.05) is 26.4 Å². The van der Waals surface area contributed by atoms with E-state index in [9.17, 15) is 91.3 Å². The van der Waals surface area contributed by atoms with Gasteiger partial charge < -0.3 is 144 Å². The van der Waals surface area contributed by atoms with E-state index in [1.54, 1.807) is 0 Å². The molecule has 0 radical (unpaired) electrons. The Morgan fingerprint density at radius 3 is 1.18 bits per heavy atom. The molecule has 6 fully saturated rings. The van der Waals surface area contributed by atoms with Gasteiger partial charge in [-0.3, -0.25) is 9.59 Å². The monoisotopic (exact) mass is 1040 g/mol. The zero-order chi connectivity index (χ0) is 52.5. The summed E-state index contributed by atoms with van der Waals surface area (Å²) in [5.41, 5.74) is 0. The number of aliphatic hydroxyl groups is 16. The Bertz CT molecular complexity index is 1710. The Balaban J connectivity index is 1.25. The SMILES string of the molecule is CC(=O)N[C@@H]1[C@@H](OC2O[C@H](CO)[C@H](O)[C@H](O)[C@H]2OC2O[C@@H](C)[C@@H](O)[C@@H](O)[C@@H]2O)[C@@H](O)[C@@H](COC2O[C@H](CO)[C@@H](O)[C@H](OC3O[C@H](CO)[C@H](O)[C@H](O)[C@H]3OC3O[C@@H](C)[C@@H](O)[C@@H](O)[C@@H]3O)[C@H]2NC(C)=O)O[C@@H]1O. The van der Waals surface area contributed by atoms with E-state index < -0.39 is 222 Å². The molecule has 0 spiro atoms. The van der Waals surface area contributed by atoms with Gasteiger partial charge in [0.2, 0.25) is 11.8 Å². The zero-order valence-corrected chi connectivity index (χ0v) is 38.6. The van der Waals surface area contributed by atoms with E-state index in [-0.39, 0.29) is 0 Å². The number of ether oxygens (including phenoxy) is 11. The van der Waals surface area contributed by atoms with Crippen LogP contribution in [0.25, 0.3) is 0 Å². The third kappa shape index (κ3) is 12.6. The van der Waals surface area contributed by atoms with Crippen LogP contribution in [0.1, 0.15) is 27.7 Å². The number of nitrogens with one attached hydrogen (secondary N) is 2. The average molecular weight is 1040 g/mol. The molecule has 31 nitrogen and oxygen atoms in total. The van der Waals surface area contributed by atoms with E-state index in [0.717, 1.165) is 13.8 Å². The highest BCUT2D eigenvalue weighted by Gasteiger charge is 2.57. The van der Waals surface area contributed by atoms with Crippen molar-refractivity contribution < 1.29 is 143 Å². The third-order valence-electron chi connectivity index (χ3n) is 13.1. The molecule has 71 heavy (non-hydrogen) atoms. The van der Waals surface area contributed by atoms with Crippen molar-refractivity contribution in [2.45, 2.75) is 212 Å². The van der Waals surface area contributed by atoms with Crippen molar-refractivity contribution in [2.24, 2.45) is 0 Å². The molecule has 0 saturated carbocycles. The van der Waals surface area contributed by atoms with Crippen LogP contribution in [0.4, 0.5) is 0 Å². The molecule has 6 saturated heterocycles. The molecule has 0 aromatic heterocycles. The summed E-state index contributed by atoms with van der Waals surface area (Å²) in [6.07, 6.45) is -50.3. The van der Waals surface area contributed by atoms with Crippen LogP contribution in [-0.2, 0) is 61.7 Å². The standard InChI is InChI=1S/C40H68N2O29/c1-9-19(48)25(54)29(58)37(62-9)70-33-27(56)21(50)13(5-43)66-39(33)68-31-17(41-11(3)46)35(60)64-16(24(31)53)8-61-36-18(42-12(4)47)32(23(52)15(7-45)65-36)69-40-34(28(57)22(51)14(6-44)67-40)71-38-30(59)26(55)20(49)10(2)63-38/h9-10,13-40,43-45,48-60H,5-8H2,1-4H3,(H,41,46)(H,42,47)/t9-,10-,13+,14+,15+,16+,17+,18+,19+,20+,21-,22-,23+,24-,25+,26+,27-,28-,29-,30-,31+,32+,33+,34+,35-,36?,37?,38?,39?,40?/m0/s1. The smallest absolute Gasteiger partial charge is 0.217 e. The summed E-state index contributed by atoms with van der Waals surface area (Å²) in [4.78, 5) is 25.1. The van der Waals surface area contributed by atoms with Crippen molar-refractivity contribution >= 4 is 11.8 Å². The summed E-state index contributed by atoms with van der Waals surface area (Å²) in [5, 5.41) is 176. The van der Waals surface area contributed by atoms with Gasteiger partial charge in [0, 0.05) is 13.8 Å². The first-order valence-corrected chi connectivity index (χ1v) is 22.8. The molecule has 31 heteroatoms. The molecular formula is C40H68N2O29. The second-order valence-electron chi connectivity index (χ2n) is 18.2. The Morgan fingerprint density at radius 2 is 0.761 bits per heavy atom. The molecule has 6 heterocycles. The van der Waals surface area contributed by atoms with E-state index in [0.29, 0.717) is 0 Å². The maximum Gasteiger partial charge on any atom is 0.217 e. The number of carbonyl (C=O) groups is 2. The number of amides is 2. The fraction of sp³-hybridized carbons (Fsp3) is 0.950. The largest absolute Gasteiger partial charge is 0.394 e. The Kier molecular flexibility index (Phi) is 20.2. The fourth-order valence-electron chi connectivity index (χ4n) is 9.06. The van der Waals surface area contributed by atoms with Crippen LogP contribution in [0, 0.1) is 0 Å². The molecule has 5 unspecified atom stereocenters. The number of aliphatic hydroxyl groups excluding tert-OH is 16. The van der Waals surface area contributed by atoms with Gasteiger partial charge in [0.05, 0.1) is 38.6 Å². The van der Waals surface area contributed by atoms with Crippen LogP contribution in [-0.4, -0.2) is 304 Å². The molecule has 18 N–H and O–H groups in total. The number of carbonyl (C=O) groups excluding carboxylic acids is 2. The van der Waals surface area contributed by atoms with Gasteiger partial charge in [-0.2, -0.15) is 0 Å². The van der Waals surface area contributed by atoms with Crippen molar-refractivity contribution in [1.29, 1.82) is 0 Å². The number of hydrogen-bond donors (Lipinski definition) is 18. The molecule has 30 atom stereocenters. The Hall–Kier alpha value is -2.14. The number of hydrogen-bond acceptors (Lipinski definition) is 29. The predicted molar refractivity (Wildman–Crippen MR) is 220 cm³/mol. The predicted octanol–water partition coefficient (Wildman–Crippen LogP) is -11.8. The van der Waals surface area contributed by atoms with Crippen LogP contribution < -0.4 is 10.6 Å².